The van der Waals surface area contributed by atoms with Crippen LogP contribution in [0.2, 0.25) is 0 Å². The van der Waals surface area contributed by atoms with Crippen molar-refractivity contribution in [2.45, 2.75) is 0 Å². The Hall–Kier alpha value is 1.30. The van der Waals surface area contributed by atoms with Gasteiger partial charge in [0.15, 0.2) is 0 Å². The molecule has 13 heteroatoms. The Labute approximate surface area is 100 Å². The van der Waals surface area contributed by atoms with Gasteiger partial charge in [0, 0.05) is 0 Å². The van der Waals surface area contributed by atoms with Gasteiger partial charge in [-0.25, -0.2) is 0 Å². The van der Waals surface area contributed by atoms with Gasteiger partial charge in [0.25, 0.3) is 0 Å². The zero-order chi connectivity index (χ0) is 9.00. The molecule has 0 bridgehead atoms. The molecule has 0 spiro atoms. The van der Waals surface area contributed by atoms with Crippen molar-refractivity contribution in [2.75, 3.05) is 0 Å². The first kappa shape index (κ1) is 29.2. The van der Waals surface area contributed by atoms with Gasteiger partial charge in [-0.2, -0.15) is 0 Å². The van der Waals surface area contributed by atoms with Gasteiger partial charge < -0.3 is 61.9 Å². The second kappa shape index (κ2) is 11.4. The molecule has 0 unspecified atom stereocenters. The number of hydrogen-bond acceptors (Lipinski definition) is 8. The maximum Gasteiger partial charge on any atom is 4.00 e. The average molecular weight is 463 g/mol. The maximum atomic E-state index is 8.58. The van der Waals surface area contributed by atoms with Crippen LogP contribution in [0.4, 0.5) is 0 Å². The van der Waals surface area contributed by atoms with E-state index in [9.17, 15) is 0 Å². The second-order valence-electron chi connectivity index (χ2n) is 1.00. The summed E-state index contributed by atoms with van der Waals surface area (Å²) in [6, 6.07) is 0. The van der Waals surface area contributed by atoms with Crippen LogP contribution in [0.5, 0.6) is 0 Å². The minimum atomic E-state index is -5.61. The summed E-state index contributed by atoms with van der Waals surface area (Å²) in [5, 5.41) is 0. The molecule has 0 rings (SSSR count). The Kier molecular flexibility index (Phi) is 25.6. The molecule has 0 heterocycles. The summed E-state index contributed by atoms with van der Waals surface area (Å²) in [6.07, 6.45) is 0. The van der Waals surface area contributed by atoms with E-state index in [0.717, 1.165) is 0 Å². The van der Waals surface area contributed by atoms with Crippen molar-refractivity contribution in [1.29, 1.82) is 0 Å². The minimum absolute atomic E-state index is 0. The topological polar surface area (TPSA) is 219 Å². The molecule has 78 valence electrons. The summed E-state index contributed by atoms with van der Waals surface area (Å²) < 4.78 is 0. The molecule has 0 aromatic rings. The van der Waals surface area contributed by atoms with Crippen molar-refractivity contribution >= 4 is 35.7 Å². The SMILES string of the molecule is [GeH2+2].[O-][Si]([O-])([O-])[O-].[O-][Si]([O-])([O-])[O-].[OH4+2].[W+4]. The molecule has 0 amide bonds. The van der Waals surface area contributed by atoms with Crippen LogP contribution in [0.25, 0.3) is 0 Å². The van der Waals surface area contributed by atoms with Crippen molar-refractivity contribution in [3.05, 3.63) is 0 Å². The maximum absolute atomic E-state index is 8.58. The molecule has 4 N–H and O–H groups in total. The van der Waals surface area contributed by atoms with E-state index in [1.165, 1.54) is 0 Å². The number of rotatable bonds is 0. The Balaban J connectivity index is -0.0000000267. The van der Waals surface area contributed by atoms with Crippen molar-refractivity contribution in [1.82, 2.24) is 0 Å². The largest absolute Gasteiger partial charge is 4.00 e. The van der Waals surface area contributed by atoms with Crippen LogP contribution in [0.15, 0.2) is 0 Å². The van der Waals surface area contributed by atoms with Gasteiger partial charge in [0.1, 0.15) is 0 Å². The standard InChI is InChI=1S/GeH2.2O4Si.H4O.W/c;2*1-5(2,3)4;;/h1H2;;;1H4;/q+2;2*-4;+2;+4. The Morgan fingerprint density at radius 2 is 0.538 bits per heavy atom. The fraction of sp³-hybridized carbons (Fsp3) is 0. The fourth-order valence-electron chi connectivity index (χ4n) is 0. The van der Waals surface area contributed by atoms with Gasteiger partial charge in [-0.15, -0.1) is 0 Å². The average Bonchev–Trinajstić information content (AvgIpc) is 1.12. The molecule has 0 aromatic heterocycles. The first-order valence-corrected chi connectivity index (χ1v) is 4.90. The Bertz CT molecular complexity index is 60.6. The molecule has 0 radical (unpaired) electrons. The number of hydrogen-bond donors (Lipinski definition) is 0. The summed E-state index contributed by atoms with van der Waals surface area (Å²) >= 11 is 0. The summed E-state index contributed by atoms with van der Waals surface area (Å²) in [5.41, 5.74) is 0. The third-order valence-electron chi connectivity index (χ3n) is 0. The van der Waals surface area contributed by atoms with Crippen LogP contribution in [-0.2, 0) is 26.5 Å². The molecule has 13 heavy (non-hydrogen) atoms. The zero-order valence-electron chi connectivity index (χ0n) is 6.09. The Morgan fingerprint density at radius 1 is 0.538 bits per heavy atom. The summed E-state index contributed by atoms with van der Waals surface area (Å²) in [7, 11) is -11.2. The molecular weight excluding hydrogens is 457 g/mol. The molecule has 0 saturated carbocycles. The van der Waals surface area contributed by atoms with Crippen molar-refractivity contribution < 1.29 is 64.9 Å². The van der Waals surface area contributed by atoms with Crippen molar-refractivity contribution in [3.63, 3.8) is 0 Å². The molecule has 0 atom stereocenters. The van der Waals surface area contributed by atoms with E-state index in [-0.39, 0.29) is 44.1 Å². The predicted molar refractivity (Wildman–Crippen MR) is 26.3 cm³/mol. The van der Waals surface area contributed by atoms with Gasteiger partial charge in [-0.3, -0.25) is 0 Å². The summed E-state index contributed by atoms with van der Waals surface area (Å²) in [4.78, 5) is 68.6. The normalized spacial score (nSPS) is 9.23. The van der Waals surface area contributed by atoms with Gasteiger partial charge >= 0.3 is 38.7 Å². The van der Waals surface area contributed by atoms with Crippen LogP contribution < -0.4 is 38.4 Å². The predicted octanol–water partition coefficient (Wildman–Crippen LogP) is -12.4. The van der Waals surface area contributed by atoms with E-state index in [1.54, 1.807) is 0 Å². The smallest absolute Gasteiger partial charge is 0.894 e. The monoisotopic (exact) mass is 464 g/mol. The van der Waals surface area contributed by atoms with Crippen LogP contribution in [0.1, 0.15) is 0 Å². The first-order chi connectivity index (χ1) is 4.00. The van der Waals surface area contributed by atoms with E-state index in [2.05, 4.69) is 0 Å². The molecule has 0 aromatic carbocycles. The van der Waals surface area contributed by atoms with Crippen LogP contribution in [0, 0.1) is 0 Å². The quantitative estimate of drug-likeness (QED) is 0.314. The molecule has 9 nitrogen and oxygen atoms in total. The third-order valence-corrected chi connectivity index (χ3v) is 0. The van der Waals surface area contributed by atoms with E-state index in [4.69, 9.17) is 38.4 Å². The Morgan fingerprint density at radius 3 is 0.538 bits per heavy atom. The molecule has 0 fully saturated rings. The summed E-state index contributed by atoms with van der Waals surface area (Å²) in [6.45, 7) is 0. The first-order valence-electron chi connectivity index (χ1n) is 1.63. The van der Waals surface area contributed by atoms with E-state index >= 15 is 0 Å². The minimum Gasteiger partial charge on any atom is -0.894 e. The molecular formula is H6GeO9Si2W. The zero-order valence-corrected chi connectivity index (χ0v) is 14.0. The third kappa shape index (κ3) is 999. The molecule has 0 aliphatic rings. The molecule has 0 aliphatic heterocycles. The van der Waals surface area contributed by atoms with Crippen LogP contribution >= 0.6 is 0 Å². The summed E-state index contributed by atoms with van der Waals surface area (Å²) in [5.74, 6) is 0. The van der Waals surface area contributed by atoms with Gasteiger partial charge in [-0.1, -0.05) is 0 Å². The second-order valence-corrected chi connectivity index (χ2v) is 3.00. The van der Waals surface area contributed by atoms with E-state index in [0.29, 0.717) is 0 Å². The van der Waals surface area contributed by atoms with E-state index in [1.807, 2.05) is 0 Å². The molecule has 0 aliphatic carbocycles. The van der Waals surface area contributed by atoms with Gasteiger partial charge in [-0.05, 0) is 0 Å². The van der Waals surface area contributed by atoms with Crippen LogP contribution in [-0.4, -0.2) is 35.7 Å². The van der Waals surface area contributed by atoms with Crippen molar-refractivity contribution in [3.8, 4) is 0 Å². The van der Waals surface area contributed by atoms with E-state index < -0.39 is 18.1 Å². The fourth-order valence-corrected chi connectivity index (χ4v) is 0. The van der Waals surface area contributed by atoms with Gasteiger partial charge in [0.2, 0.25) is 0 Å². The van der Waals surface area contributed by atoms with Crippen LogP contribution in [0.3, 0.4) is 0 Å². The molecule has 0 saturated heterocycles. The van der Waals surface area contributed by atoms with Gasteiger partial charge in [0.05, 0.1) is 0 Å². The van der Waals surface area contributed by atoms with Crippen molar-refractivity contribution in [2.24, 2.45) is 0 Å².